The van der Waals surface area contributed by atoms with Gasteiger partial charge in [0.15, 0.2) is 0 Å². The number of nitrogen functional groups attached to an aromatic ring is 4. The Bertz CT molecular complexity index is 2430. The van der Waals surface area contributed by atoms with E-state index in [0.29, 0.717) is 34.2 Å². The number of anilines is 4. The molecule has 2 aliphatic heterocycles. The first-order valence-electron chi connectivity index (χ1n) is 16.5. The van der Waals surface area contributed by atoms with Crippen LogP contribution in [0.15, 0.2) is 173 Å². The number of nitrogens with one attached hydrogen (secondary N) is 1. The van der Waals surface area contributed by atoms with Crippen LogP contribution < -0.4 is 28.7 Å². The Balaban J connectivity index is 1.36. The maximum absolute atomic E-state index is 6.49. The third kappa shape index (κ3) is 6.86. The van der Waals surface area contributed by atoms with Gasteiger partial charge in [-0.1, -0.05) is 18.7 Å². The summed E-state index contributed by atoms with van der Waals surface area (Å²) in [6, 6.07) is 34.7. The van der Waals surface area contributed by atoms with E-state index in [2.05, 4.69) is 23.7 Å². The average Bonchev–Trinajstić information content (AvgIpc) is 3.94. The van der Waals surface area contributed by atoms with Gasteiger partial charge in [0.1, 0.15) is 0 Å². The van der Waals surface area contributed by atoms with E-state index in [1.165, 1.54) is 0 Å². The second-order valence-electron chi connectivity index (χ2n) is 12.3. The molecule has 0 fully saturated rings. The molecule has 257 valence electrons. The van der Waals surface area contributed by atoms with E-state index < -0.39 is 0 Å². The number of H-pyrrole nitrogens is 1. The van der Waals surface area contributed by atoms with Crippen LogP contribution in [-0.4, -0.2) is 20.9 Å². The third-order valence-corrected chi connectivity index (χ3v) is 9.31. The number of hydrogen-bond donors (Lipinski definition) is 6. The summed E-state index contributed by atoms with van der Waals surface area (Å²) in [5, 5.41) is 0. The van der Waals surface area contributed by atoms with Gasteiger partial charge in [0.25, 0.3) is 0 Å². The molecule has 4 aromatic carbocycles. The normalized spacial score (nSPS) is 15.9. The number of nitrogens with zero attached hydrogens (tertiary/aromatic N) is 2. The number of rotatable bonds is 9. The summed E-state index contributed by atoms with van der Waals surface area (Å²) in [6.07, 6.45) is 9.55. The van der Waals surface area contributed by atoms with Crippen LogP contribution in [0.1, 0.15) is 33.6 Å². The van der Waals surface area contributed by atoms with E-state index in [0.717, 1.165) is 71.9 Å². The molecular weight excluding hydrogens is 687 g/mol. The van der Waals surface area contributed by atoms with Gasteiger partial charge in [-0.3, -0.25) is 0 Å². The van der Waals surface area contributed by atoms with Crippen molar-refractivity contribution in [2.24, 2.45) is 15.7 Å². The van der Waals surface area contributed by atoms with Gasteiger partial charge in [0.2, 0.25) is 0 Å². The van der Waals surface area contributed by atoms with Crippen molar-refractivity contribution < 1.29 is 15.3 Å². The summed E-state index contributed by atoms with van der Waals surface area (Å²) in [5.41, 5.74) is 44.7. The molecule has 0 amide bonds. The van der Waals surface area contributed by atoms with Crippen LogP contribution in [0.3, 0.4) is 0 Å². The van der Waals surface area contributed by atoms with Crippen LogP contribution in [0.5, 0.6) is 0 Å². The summed E-state index contributed by atoms with van der Waals surface area (Å²) >= 11 is 4.90. The molecule has 8 nitrogen and oxygen atoms in total. The summed E-state index contributed by atoms with van der Waals surface area (Å²) in [4.78, 5) is 13.9. The number of nitrogens with two attached hydrogens (primary N) is 5. The fraction of sp³-hybridized carbons (Fsp3) is 0. The van der Waals surface area contributed by atoms with Crippen LogP contribution in [0.2, 0.25) is 0 Å². The molecular formula is C43H36CoN8. The van der Waals surface area contributed by atoms with Crippen molar-refractivity contribution in [3.8, 4) is 0 Å². The van der Waals surface area contributed by atoms with Crippen LogP contribution in [-0.2, 0) is 15.3 Å². The molecule has 0 spiro atoms. The van der Waals surface area contributed by atoms with Gasteiger partial charge in [-0.15, -0.1) is 0 Å². The smallest absolute Gasteiger partial charge is 0.399 e. The molecule has 5 aromatic rings. The number of aliphatic imine (C=N–C) groups is 2. The Kier molecular flexibility index (Phi) is 9.28. The van der Waals surface area contributed by atoms with Gasteiger partial charge >= 0.3 is 229 Å². The maximum atomic E-state index is 6.49. The van der Waals surface area contributed by atoms with E-state index in [-0.39, 0.29) is 0 Å². The quantitative estimate of drug-likeness (QED) is 0.0696. The van der Waals surface area contributed by atoms with Crippen molar-refractivity contribution in [1.82, 2.24) is 4.98 Å². The van der Waals surface area contributed by atoms with Gasteiger partial charge in [-0.25, -0.2) is 0 Å². The van der Waals surface area contributed by atoms with Crippen LogP contribution in [0.4, 0.5) is 22.7 Å². The Morgan fingerprint density at radius 2 is 0.904 bits per heavy atom. The third-order valence-electron chi connectivity index (χ3n) is 8.74. The second kappa shape index (κ2) is 14.3. The summed E-state index contributed by atoms with van der Waals surface area (Å²) in [7, 11) is 0. The SMILES string of the molecule is C=C/C(N)=C(C1=N/C(=C(/c2ccc(N)cc2)c2ccc(/C(=C3/C=CC([C](=[Co])c4ccc(N)cc4)=N3)c3ccc(N)cc3)[nH]2)C=C1)\c1ccc(N)cc1. The minimum atomic E-state index is 0.507. The summed E-state index contributed by atoms with van der Waals surface area (Å²) in [6.45, 7) is 3.92. The molecule has 11 N–H and O–H groups in total. The Morgan fingerprint density at radius 1 is 0.519 bits per heavy atom. The Labute approximate surface area is 310 Å². The molecule has 2 aliphatic rings. The van der Waals surface area contributed by atoms with E-state index in [9.17, 15) is 0 Å². The van der Waals surface area contributed by atoms with Gasteiger partial charge in [0.05, 0.1) is 0 Å². The zero-order valence-corrected chi connectivity index (χ0v) is 29.1. The number of hydrogen-bond acceptors (Lipinski definition) is 7. The standard InChI is InChI=1S/C43H36N8.Co/c1-2-35(48)41(27-5-13-31(45)14-6-27)36-21-22-39(50-36)43(29-9-17-33(47)18-10-29)40-24-23-38(51-40)42(28-7-15-32(46)16-8-28)37-20-19-34(49-37)25-26-3-11-30(44)12-4-26;/h2-24,51H,1,44-48H2;/b41-35-,42-37-,43-39-;. The average molecular weight is 724 g/mol. The molecule has 3 heterocycles. The monoisotopic (exact) mass is 723 g/mol. The predicted molar refractivity (Wildman–Crippen MR) is 215 cm³/mol. The first kappa shape index (κ1) is 33.8. The fourth-order valence-electron chi connectivity index (χ4n) is 6.11. The topological polar surface area (TPSA) is 171 Å². The fourth-order valence-corrected chi connectivity index (χ4v) is 6.43. The van der Waals surface area contributed by atoms with Crippen molar-refractivity contribution in [3.05, 3.63) is 197 Å². The first-order valence-corrected chi connectivity index (χ1v) is 17.0. The first-order chi connectivity index (χ1) is 25.2. The molecule has 9 heteroatoms. The summed E-state index contributed by atoms with van der Waals surface area (Å²) in [5.74, 6) is 0. The molecule has 52 heavy (non-hydrogen) atoms. The Morgan fingerprint density at radius 3 is 1.35 bits per heavy atom. The van der Waals surface area contributed by atoms with Gasteiger partial charge < -0.3 is 17.2 Å². The van der Waals surface area contributed by atoms with Crippen LogP contribution >= 0.6 is 0 Å². The zero-order valence-electron chi connectivity index (χ0n) is 28.1. The molecule has 0 bridgehead atoms. The molecule has 0 saturated heterocycles. The molecule has 1 aromatic heterocycles. The number of allylic oxidation sites excluding steroid dienone is 6. The number of aromatic amines is 1. The van der Waals surface area contributed by atoms with Crippen molar-refractivity contribution in [3.63, 3.8) is 0 Å². The second-order valence-corrected chi connectivity index (χ2v) is 12.8. The van der Waals surface area contributed by atoms with E-state index in [4.69, 9.17) is 54.0 Å². The molecule has 0 aliphatic carbocycles. The molecule has 0 unspecified atom stereocenters. The van der Waals surface area contributed by atoms with Crippen molar-refractivity contribution in [1.29, 1.82) is 0 Å². The van der Waals surface area contributed by atoms with Crippen LogP contribution in [0.25, 0.3) is 16.7 Å². The van der Waals surface area contributed by atoms with Gasteiger partial charge in [-0.05, 0) is 23.8 Å². The summed E-state index contributed by atoms with van der Waals surface area (Å²) < 4.78 is 0.740. The molecule has 0 radical (unpaired) electrons. The minimum Gasteiger partial charge on any atom is -0.399 e. The van der Waals surface area contributed by atoms with Crippen molar-refractivity contribution >= 4 is 55.3 Å². The van der Waals surface area contributed by atoms with Gasteiger partial charge in [-0.2, -0.15) is 0 Å². The number of aromatic nitrogens is 1. The molecule has 0 atom stereocenters. The molecule has 0 saturated carbocycles. The van der Waals surface area contributed by atoms with E-state index >= 15 is 0 Å². The Hall–Kier alpha value is -6.68. The van der Waals surface area contributed by atoms with E-state index in [1.807, 2.05) is 121 Å². The van der Waals surface area contributed by atoms with Gasteiger partial charge in [0, 0.05) is 22.6 Å². The molecule has 7 rings (SSSR count). The zero-order chi connectivity index (χ0) is 36.4. The minimum absolute atomic E-state index is 0.507. The van der Waals surface area contributed by atoms with Crippen LogP contribution in [0, 0.1) is 0 Å². The number of benzene rings is 4. The van der Waals surface area contributed by atoms with Crippen molar-refractivity contribution in [2.75, 3.05) is 22.9 Å². The van der Waals surface area contributed by atoms with Crippen molar-refractivity contribution in [2.45, 2.75) is 0 Å². The predicted octanol–water partition coefficient (Wildman–Crippen LogP) is 7.21. The van der Waals surface area contributed by atoms with E-state index in [1.54, 1.807) is 6.08 Å².